The minimum Gasteiger partial charge on any atom is -0.493 e. The molecule has 2 aromatic rings. The van der Waals surface area contributed by atoms with E-state index < -0.39 is 65.5 Å². The van der Waals surface area contributed by atoms with E-state index in [-0.39, 0.29) is 44.8 Å². The molecule has 7 unspecified atom stereocenters. The molecule has 0 aliphatic rings. The van der Waals surface area contributed by atoms with Crippen molar-refractivity contribution in [2.45, 2.75) is 57.6 Å². The highest BCUT2D eigenvalue weighted by Gasteiger charge is 2.41. The van der Waals surface area contributed by atoms with E-state index in [1.165, 1.54) is 35.5 Å². The minimum atomic E-state index is -0.995. The molecule has 0 aromatic heterocycles. The molecule has 2 rings (SSSR count). The first kappa shape index (κ1) is 50.6. The van der Waals surface area contributed by atoms with Gasteiger partial charge < -0.3 is 47.5 Å². The number of carbonyl (C=O) groups is 5. The van der Waals surface area contributed by atoms with Crippen LogP contribution in [0.2, 0.25) is 0 Å². The molecule has 0 aliphatic carbocycles. The van der Waals surface area contributed by atoms with Gasteiger partial charge in [0.25, 0.3) is 0 Å². The topological polar surface area (TPSA) is 179 Å². The molecule has 0 saturated heterocycles. The van der Waals surface area contributed by atoms with Gasteiger partial charge in [0.05, 0.1) is 98.0 Å². The number of methoxy groups -OCH3 is 7. The Labute approximate surface area is 349 Å². The van der Waals surface area contributed by atoms with Crippen molar-refractivity contribution in [1.29, 1.82) is 0 Å². The van der Waals surface area contributed by atoms with Gasteiger partial charge in [0.15, 0.2) is 0 Å². The van der Waals surface area contributed by atoms with E-state index in [0.717, 1.165) is 11.1 Å². The number of hydrogen-bond donors (Lipinski definition) is 1. The lowest BCUT2D eigenvalue weighted by molar-refractivity contribution is -0.935. The second-order valence-corrected chi connectivity index (χ2v) is 15.1. The van der Waals surface area contributed by atoms with Crippen LogP contribution in [0.25, 0.3) is 0 Å². The number of aliphatic hydroxyl groups excluding tert-OH is 1. The van der Waals surface area contributed by atoms with Crippen molar-refractivity contribution in [3.8, 4) is 5.75 Å². The smallest absolute Gasteiger partial charge is 0.308 e. The number of quaternary nitrogens is 1. The van der Waals surface area contributed by atoms with Crippen molar-refractivity contribution in [2.24, 2.45) is 29.6 Å². The maximum absolute atomic E-state index is 13.7. The summed E-state index contributed by atoms with van der Waals surface area (Å²) in [5, 5.41) is 10.9. The zero-order valence-corrected chi connectivity index (χ0v) is 36.2. The molecule has 1 N–H and O–H groups in total. The van der Waals surface area contributed by atoms with Crippen LogP contribution in [0.5, 0.6) is 5.75 Å². The second kappa shape index (κ2) is 26.5. The van der Waals surface area contributed by atoms with E-state index in [1.807, 2.05) is 42.5 Å². The summed E-state index contributed by atoms with van der Waals surface area (Å²) in [7, 11) is 11.5. The van der Waals surface area contributed by atoms with Crippen molar-refractivity contribution >= 4 is 29.8 Å². The van der Waals surface area contributed by atoms with Crippen LogP contribution in [0.15, 0.2) is 54.6 Å². The predicted molar refractivity (Wildman–Crippen MR) is 217 cm³/mol. The van der Waals surface area contributed by atoms with Gasteiger partial charge in [-0.05, 0) is 48.9 Å². The highest BCUT2D eigenvalue weighted by Crippen LogP contribution is 2.34. The average Bonchev–Trinajstić information content (AvgIpc) is 3.27. The largest absolute Gasteiger partial charge is 0.493 e. The summed E-state index contributed by atoms with van der Waals surface area (Å²) in [6, 6.07) is 16.4. The summed E-state index contributed by atoms with van der Waals surface area (Å²) in [5.41, 5.74) is 1.50. The summed E-state index contributed by atoms with van der Waals surface area (Å²) in [6.45, 7) is 3.88. The van der Waals surface area contributed by atoms with E-state index in [2.05, 4.69) is 7.05 Å². The fraction of sp³-hybridized carbons (Fsp3) is 0.614. The van der Waals surface area contributed by atoms with E-state index in [9.17, 15) is 29.1 Å². The van der Waals surface area contributed by atoms with Gasteiger partial charge in [-0.25, -0.2) is 0 Å². The van der Waals surface area contributed by atoms with Gasteiger partial charge in [0.1, 0.15) is 24.9 Å². The fourth-order valence-corrected chi connectivity index (χ4v) is 7.55. The molecule has 0 amide bonds. The number of carbonyl (C=O) groups excluding carboxylic acids is 5. The van der Waals surface area contributed by atoms with Crippen molar-refractivity contribution in [2.75, 3.05) is 89.7 Å². The Kier molecular flexibility index (Phi) is 22.7. The molecule has 59 heavy (non-hydrogen) atoms. The Morgan fingerprint density at radius 2 is 0.949 bits per heavy atom. The number of nitrogens with zero attached hydrogens (tertiary/aromatic N) is 1. The van der Waals surface area contributed by atoms with Crippen LogP contribution in [0.4, 0.5) is 0 Å². The van der Waals surface area contributed by atoms with Gasteiger partial charge in [-0.15, -0.1) is 0 Å². The van der Waals surface area contributed by atoms with E-state index in [4.69, 9.17) is 37.9 Å². The highest BCUT2D eigenvalue weighted by molar-refractivity contribution is 5.79. The lowest BCUT2D eigenvalue weighted by atomic mass is 9.79. The lowest BCUT2D eigenvalue weighted by Gasteiger charge is -2.43. The van der Waals surface area contributed by atoms with Crippen molar-refractivity contribution in [1.82, 2.24) is 0 Å². The number of esters is 5. The van der Waals surface area contributed by atoms with E-state index in [0.29, 0.717) is 43.0 Å². The maximum Gasteiger partial charge on any atom is 0.308 e. The summed E-state index contributed by atoms with van der Waals surface area (Å²) >= 11 is 0. The monoisotopic (exact) mass is 832 g/mol. The van der Waals surface area contributed by atoms with E-state index in [1.54, 1.807) is 33.3 Å². The molecule has 0 aliphatic heterocycles. The van der Waals surface area contributed by atoms with Gasteiger partial charge in [-0.1, -0.05) is 49.4 Å². The molecule has 2 aromatic carbocycles. The molecule has 7 atom stereocenters. The first-order chi connectivity index (χ1) is 28.2. The Bertz CT molecular complexity index is 1560. The number of rotatable bonds is 28. The summed E-state index contributed by atoms with van der Waals surface area (Å²) < 4.78 is 43.1. The fourth-order valence-electron chi connectivity index (χ4n) is 7.55. The predicted octanol–water partition coefficient (Wildman–Crippen LogP) is 4.56. The Morgan fingerprint density at radius 1 is 0.542 bits per heavy atom. The normalized spacial score (nSPS) is 15.0. The van der Waals surface area contributed by atoms with E-state index >= 15 is 0 Å². The molecular formula is C44H66NO14+. The van der Waals surface area contributed by atoms with Crippen LogP contribution >= 0.6 is 0 Å². The molecule has 0 heterocycles. The number of ether oxygens (including phenoxy) is 8. The molecule has 0 saturated carbocycles. The molecular weight excluding hydrogens is 766 g/mol. The summed E-state index contributed by atoms with van der Waals surface area (Å²) in [5.74, 6) is -6.82. The van der Waals surface area contributed by atoms with Gasteiger partial charge in [0.2, 0.25) is 0 Å². The molecule has 330 valence electrons. The molecule has 15 nitrogen and oxygen atoms in total. The van der Waals surface area contributed by atoms with Crippen LogP contribution in [0.1, 0.15) is 62.7 Å². The number of likely N-dealkylation sites (N-methyl/N-ethyl adjacent to an activating group) is 1. The molecule has 15 heteroatoms. The Morgan fingerprint density at radius 3 is 1.37 bits per heavy atom. The van der Waals surface area contributed by atoms with Gasteiger partial charge in [-0.2, -0.15) is 0 Å². The number of hydrogen-bond acceptors (Lipinski definition) is 14. The van der Waals surface area contributed by atoms with Crippen LogP contribution in [0.3, 0.4) is 0 Å². The third-order valence-electron chi connectivity index (χ3n) is 11.2. The van der Waals surface area contributed by atoms with Crippen LogP contribution < -0.4 is 4.74 Å². The van der Waals surface area contributed by atoms with Crippen LogP contribution in [-0.2, 0) is 57.1 Å². The third kappa shape index (κ3) is 16.2. The van der Waals surface area contributed by atoms with Gasteiger partial charge in [-0.3, -0.25) is 24.0 Å². The van der Waals surface area contributed by atoms with Crippen molar-refractivity contribution < 1.29 is 71.5 Å². The average molecular weight is 833 g/mol. The molecule has 0 spiro atoms. The third-order valence-corrected chi connectivity index (χ3v) is 11.2. The molecule has 0 radical (unpaired) electrons. The first-order valence-corrected chi connectivity index (χ1v) is 19.9. The molecule has 0 fully saturated rings. The molecule has 0 bridgehead atoms. The number of aliphatic hydroxyl groups is 1. The standard InChI is InChI=1S/C44H66NO14/c1-30(40(47)54-5)25-33(41(48)55-6)26-34(42(49)56-7)27-35(43(50)57-8)28-36(44(51)58-9)29-37(45(2,20-23-52-3)21-24-53-4)19-22-59-38-17-15-32(16-18-38)39(46)31-13-11-10-12-14-31/h10-18,30,33-37,39,46H,19-29H2,1-9H3/q+1. The second-order valence-electron chi connectivity index (χ2n) is 15.1. The van der Waals surface area contributed by atoms with Crippen molar-refractivity contribution in [3.05, 3.63) is 65.7 Å². The zero-order valence-electron chi connectivity index (χ0n) is 36.2. The highest BCUT2D eigenvalue weighted by atomic mass is 16.5. The lowest BCUT2D eigenvalue weighted by Crippen LogP contribution is -2.57. The first-order valence-electron chi connectivity index (χ1n) is 19.9. The SMILES string of the molecule is COCC[N+](C)(CCOC)C(CCOc1ccc(C(O)c2ccccc2)cc1)CC(CC(CC(CC(CC(C)C(=O)OC)C(=O)OC)C(=O)OC)C(=O)OC)C(=O)OC. The van der Waals surface area contributed by atoms with Crippen LogP contribution in [-0.4, -0.2) is 135 Å². The maximum atomic E-state index is 13.7. The quantitative estimate of drug-likeness (QED) is 0.0717. The minimum absolute atomic E-state index is 0.0313. The van der Waals surface area contributed by atoms with Gasteiger partial charge in [0, 0.05) is 27.1 Å². The Hall–Kier alpha value is -4.57. The number of benzene rings is 2. The zero-order chi connectivity index (χ0) is 44.0. The summed E-state index contributed by atoms with van der Waals surface area (Å²) in [4.78, 5) is 65.5. The Balaban J connectivity index is 2.44. The van der Waals surface area contributed by atoms with Crippen LogP contribution in [0, 0.1) is 29.6 Å². The van der Waals surface area contributed by atoms with Gasteiger partial charge >= 0.3 is 29.8 Å². The van der Waals surface area contributed by atoms with Crippen molar-refractivity contribution in [3.63, 3.8) is 0 Å². The summed E-state index contributed by atoms with van der Waals surface area (Å²) in [6.07, 6.45) is -0.250.